The molecule has 0 saturated heterocycles. The quantitative estimate of drug-likeness (QED) is 0.803. The third-order valence-electron chi connectivity index (χ3n) is 4.38. The number of benzene rings is 2. The summed E-state index contributed by atoms with van der Waals surface area (Å²) < 4.78 is 10.5. The molecular weight excluding hydrogens is 318 g/mol. The first-order valence-electron chi connectivity index (χ1n) is 8.27. The smallest absolute Gasteiger partial charge is 0.339 e. The van der Waals surface area contributed by atoms with Crippen molar-refractivity contribution in [1.29, 1.82) is 0 Å². The Morgan fingerprint density at radius 3 is 2.68 bits per heavy atom. The molecule has 0 aliphatic carbocycles. The summed E-state index contributed by atoms with van der Waals surface area (Å²) in [4.78, 5) is 26.9. The van der Waals surface area contributed by atoms with Gasteiger partial charge in [-0.25, -0.2) is 4.79 Å². The van der Waals surface area contributed by atoms with Gasteiger partial charge in [0.05, 0.1) is 12.7 Å². The summed E-state index contributed by atoms with van der Waals surface area (Å²) in [6.45, 7) is 3.60. The van der Waals surface area contributed by atoms with Gasteiger partial charge in [-0.3, -0.25) is 4.79 Å². The number of methoxy groups -OCH3 is 1. The van der Waals surface area contributed by atoms with Gasteiger partial charge in [-0.15, -0.1) is 0 Å². The van der Waals surface area contributed by atoms with E-state index in [0.29, 0.717) is 11.3 Å². The van der Waals surface area contributed by atoms with Crippen molar-refractivity contribution in [3.63, 3.8) is 0 Å². The van der Waals surface area contributed by atoms with E-state index in [4.69, 9.17) is 9.47 Å². The van der Waals surface area contributed by atoms with Gasteiger partial charge >= 0.3 is 5.97 Å². The van der Waals surface area contributed by atoms with Crippen molar-refractivity contribution >= 4 is 17.6 Å². The van der Waals surface area contributed by atoms with Gasteiger partial charge in [0.1, 0.15) is 5.75 Å². The predicted octanol–water partition coefficient (Wildman–Crippen LogP) is 3.22. The molecule has 130 valence electrons. The Morgan fingerprint density at radius 1 is 1.16 bits per heavy atom. The fourth-order valence-corrected chi connectivity index (χ4v) is 3.13. The lowest BCUT2D eigenvalue weighted by molar-refractivity contribution is -0.126. The molecule has 2 aromatic carbocycles. The first-order valence-corrected chi connectivity index (χ1v) is 8.27. The number of hydrogen-bond acceptors (Lipinski definition) is 4. The Bertz CT molecular complexity index is 802. The van der Waals surface area contributed by atoms with E-state index in [1.807, 2.05) is 31.2 Å². The number of anilines is 1. The second kappa shape index (κ2) is 6.97. The zero-order valence-corrected chi connectivity index (χ0v) is 14.6. The molecule has 3 rings (SSSR count). The van der Waals surface area contributed by atoms with Crippen molar-refractivity contribution in [3.05, 3.63) is 59.7 Å². The van der Waals surface area contributed by atoms with E-state index in [2.05, 4.69) is 0 Å². The lowest BCUT2D eigenvalue weighted by Crippen LogP contribution is -2.43. The molecule has 1 aliphatic rings. The molecule has 0 spiro atoms. The fraction of sp³-hybridized carbons (Fsp3) is 0.300. The number of nitrogens with zero attached hydrogens (tertiary/aromatic N) is 1. The van der Waals surface area contributed by atoms with Crippen LogP contribution in [0.3, 0.4) is 0 Å². The molecule has 0 fully saturated rings. The summed E-state index contributed by atoms with van der Waals surface area (Å²) in [6, 6.07) is 14.5. The molecule has 1 aliphatic heterocycles. The van der Waals surface area contributed by atoms with Crippen LogP contribution >= 0.6 is 0 Å². The summed E-state index contributed by atoms with van der Waals surface area (Å²) in [5.74, 6) is -0.191. The molecule has 1 amide bonds. The van der Waals surface area contributed by atoms with E-state index in [0.717, 1.165) is 17.7 Å². The number of rotatable bonds is 4. The first-order chi connectivity index (χ1) is 12.0. The van der Waals surface area contributed by atoms with Crippen LogP contribution in [0.2, 0.25) is 0 Å². The molecule has 0 radical (unpaired) electrons. The molecule has 0 bridgehead atoms. The Morgan fingerprint density at radius 2 is 1.92 bits per heavy atom. The monoisotopic (exact) mass is 339 g/mol. The zero-order valence-electron chi connectivity index (χ0n) is 14.6. The normalized spacial score (nSPS) is 16.9. The van der Waals surface area contributed by atoms with Gasteiger partial charge in [-0.1, -0.05) is 24.3 Å². The molecule has 5 nitrogen and oxygen atoms in total. The third-order valence-corrected chi connectivity index (χ3v) is 4.38. The number of para-hydroxylation sites is 1. The number of carbonyl (C=O) groups excluding carboxylic acids is 2. The molecule has 0 unspecified atom stereocenters. The number of fused-ring (bicyclic) bond motifs is 1. The van der Waals surface area contributed by atoms with Crippen LogP contribution in [0.1, 0.15) is 29.8 Å². The van der Waals surface area contributed by atoms with Gasteiger partial charge in [0, 0.05) is 11.7 Å². The van der Waals surface area contributed by atoms with Crippen LogP contribution < -0.4 is 9.64 Å². The van der Waals surface area contributed by atoms with Gasteiger partial charge in [0.15, 0.2) is 6.10 Å². The lowest BCUT2D eigenvalue weighted by atomic mass is 10.1. The summed E-state index contributed by atoms with van der Waals surface area (Å²) in [7, 11) is 1.53. The third kappa shape index (κ3) is 3.36. The Balaban J connectivity index is 1.73. The van der Waals surface area contributed by atoms with Crippen LogP contribution in [0, 0.1) is 0 Å². The highest BCUT2D eigenvalue weighted by molar-refractivity contribution is 6.01. The second-order valence-corrected chi connectivity index (χ2v) is 6.17. The summed E-state index contributed by atoms with van der Waals surface area (Å²) in [5, 5.41) is 0. The molecule has 5 heteroatoms. The van der Waals surface area contributed by atoms with Crippen LogP contribution in [-0.2, 0) is 16.0 Å². The minimum atomic E-state index is -0.868. The van der Waals surface area contributed by atoms with E-state index in [1.54, 1.807) is 36.1 Å². The maximum atomic E-state index is 12.8. The Hall–Kier alpha value is -2.82. The molecule has 0 N–H and O–H groups in total. The average molecular weight is 339 g/mol. The number of hydrogen-bond donors (Lipinski definition) is 0. The Kier molecular flexibility index (Phi) is 4.74. The SMILES string of the molecule is COc1cccc(C(=O)O[C@H](C)C(=O)N2c3ccccc3C[C@H]2C)c1. The van der Waals surface area contributed by atoms with Gasteiger partial charge in [0.2, 0.25) is 0 Å². The molecule has 25 heavy (non-hydrogen) atoms. The van der Waals surface area contributed by atoms with Crippen LogP contribution in [0.4, 0.5) is 5.69 Å². The number of amides is 1. The molecule has 0 aromatic heterocycles. The predicted molar refractivity (Wildman–Crippen MR) is 95.0 cm³/mol. The highest BCUT2D eigenvalue weighted by Crippen LogP contribution is 2.32. The standard InChI is InChI=1S/C20H21NO4/c1-13-11-15-7-4-5-10-18(15)21(13)19(22)14(2)25-20(23)16-8-6-9-17(12-16)24-3/h4-10,12-14H,11H2,1-3H3/t13-,14-/m1/s1. The van der Waals surface area contributed by atoms with Crippen LogP contribution in [-0.4, -0.2) is 31.1 Å². The highest BCUT2D eigenvalue weighted by atomic mass is 16.5. The summed E-state index contributed by atoms with van der Waals surface area (Å²) in [5.41, 5.74) is 2.38. The van der Waals surface area contributed by atoms with Crippen LogP contribution in [0.5, 0.6) is 5.75 Å². The Labute approximate surface area is 147 Å². The van der Waals surface area contributed by atoms with Crippen LogP contribution in [0.25, 0.3) is 0 Å². The van der Waals surface area contributed by atoms with Crippen molar-refractivity contribution in [2.24, 2.45) is 0 Å². The second-order valence-electron chi connectivity index (χ2n) is 6.17. The summed E-state index contributed by atoms with van der Waals surface area (Å²) >= 11 is 0. The first kappa shape index (κ1) is 17.0. The van der Waals surface area contributed by atoms with E-state index in [-0.39, 0.29) is 11.9 Å². The van der Waals surface area contributed by atoms with Crippen LogP contribution in [0.15, 0.2) is 48.5 Å². The molecule has 2 atom stereocenters. The number of esters is 1. The van der Waals surface area contributed by atoms with Crippen molar-refractivity contribution in [1.82, 2.24) is 0 Å². The van der Waals surface area contributed by atoms with Gasteiger partial charge in [-0.05, 0) is 50.1 Å². The van der Waals surface area contributed by atoms with E-state index in [1.165, 1.54) is 7.11 Å². The topological polar surface area (TPSA) is 55.8 Å². The maximum absolute atomic E-state index is 12.8. The molecule has 0 saturated carbocycles. The highest BCUT2D eigenvalue weighted by Gasteiger charge is 2.34. The largest absolute Gasteiger partial charge is 0.497 e. The van der Waals surface area contributed by atoms with E-state index >= 15 is 0 Å². The van der Waals surface area contributed by atoms with Gasteiger partial charge < -0.3 is 14.4 Å². The lowest BCUT2D eigenvalue weighted by Gasteiger charge is -2.26. The van der Waals surface area contributed by atoms with E-state index in [9.17, 15) is 9.59 Å². The minimum Gasteiger partial charge on any atom is -0.497 e. The number of ether oxygens (including phenoxy) is 2. The van der Waals surface area contributed by atoms with Crippen molar-refractivity contribution < 1.29 is 19.1 Å². The zero-order chi connectivity index (χ0) is 18.0. The van der Waals surface area contributed by atoms with Crippen molar-refractivity contribution in [3.8, 4) is 5.75 Å². The van der Waals surface area contributed by atoms with Gasteiger partial charge in [0.25, 0.3) is 5.91 Å². The number of carbonyl (C=O) groups is 2. The fourth-order valence-electron chi connectivity index (χ4n) is 3.13. The molecule has 2 aromatic rings. The van der Waals surface area contributed by atoms with Gasteiger partial charge in [-0.2, -0.15) is 0 Å². The average Bonchev–Trinajstić information content (AvgIpc) is 2.96. The summed E-state index contributed by atoms with van der Waals surface area (Å²) in [6.07, 6.45) is -0.0642. The molecular formula is C20H21NO4. The van der Waals surface area contributed by atoms with E-state index < -0.39 is 12.1 Å². The van der Waals surface area contributed by atoms with Crippen molar-refractivity contribution in [2.75, 3.05) is 12.0 Å². The minimum absolute atomic E-state index is 0.0443. The molecule has 1 heterocycles. The maximum Gasteiger partial charge on any atom is 0.339 e. The van der Waals surface area contributed by atoms with Crippen molar-refractivity contribution in [2.45, 2.75) is 32.4 Å².